The first kappa shape index (κ1) is 16.8. The molecule has 7 heteroatoms. The number of ether oxygens (including phenoxy) is 3. The van der Waals surface area contributed by atoms with Crippen LogP contribution in [0, 0.1) is 12.3 Å². The lowest BCUT2D eigenvalue weighted by atomic mass is 10.0. The minimum Gasteiger partial charge on any atom is -0.340 e. The molecule has 2 aliphatic rings. The van der Waals surface area contributed by atoms with E-state index in [9.17, 15) is 0 Å². The topological polar surface area (TPSA) is 79.7 Å². The normalized spacial score (nSPS) is 30.6. The molecule has 1 aromatic rings. The Bertz CT molecular complexity index is 708. The van der Waals surface area contributed by atoms with Gasteiger partial charge in [-0.15, -0.1) is 6.42 Å². The first-order chi connectivity index (χ1) is 11.4. The highest BCUT2D eigenvalue weighted by molar-refractivity contribution is 5.45. The smallest absolute Gasteiger partial charge is 0.190 e. The van der Waals surface area contributed by atoms with Crippen molar-refractivity contribution in [1.29, 1.82) is 0 Å². The fraction of sp³-hybridized carbons (Fsp3) is 0.529. The lowest BCUT2D eigenvalue weighted by molar-refractivity contribution is -0.204. The van der Waals surface area contributed by atoms with Gasteiger partial charge in [-0.1, -0.05) is 35.3 Å². The third kappa shape index (κ3) is 3.11. The van der Waals surface area contributed by atoms with Crippen molar-refractivity contribution in [2.45, 2.75) is 50.7 Å². The summed E-state index contributed by atoms with van der Waals surface area (Å²) < 4.78 is 17.6. The maximum atomic E-state index is 8.71. The van der Waals surface area contributed by atoms with Crippen molar-refractivity contribution in [2.75, 3.05) is 7.05 Å². The van der Waals surface area contributed by atoms with Crippen LogP contribution in [-0.2, 0) is 20.8 Å². The van der Waals surface area contributed by atoms with Crippen LogP contribution < -0.4 is 0 Å². The van der Waals surface area contributed by atoms with E-state index in [2.05, 4.69) is 20.8 Å². The first-order valence-corrected chi connectivity index (χ1v) is 7.75. The number of azide groups is 1. The fourth-order valence-electron chi connectivity index (χ4n) is 3.28. The van der Waals surface area contributed by atoms with Gasteiger partial charge in [-0.05, 0) is 32.0 Å². The van der Waals surface area contributed by atoms with Crippen LogP contribution in [0.1, 0.15) is 19.4 Å². The molecule has 0 unspecified atom stereocenters. The molecule has 2 heterocycles. The van der Waals surface area contributed by atoms with E-state index in [1.807, 2.05) is 39.1 Å². The van der Waals surface area contributed by atoms with E-state index in [4.69, 9.17) is 26.2 Å². The molecule has 0 radical (unpaired) electrons. The van der Waals surface area contributed by atoms with Gasteiger partial charge in [0.1, 0.15) is 12.2 Å². The zero-order chi connectivity index (χ0) is 17.3. The van der Waals surface area contributed by atoms with Crippen LogP contribution in [0.4, 0.5) is 5.69 Å². The van der Waals surface area contributed by atoms with Crippen LogP contribution >= 0.6 is 0 Å². The van der Waals surface area contributed by atoms with Crippen LogP contribution in [-0.4, -0.2) is 42.3 Å². The summed E-state index contributed by atoms with van der Waals surface area (Å²) >= 11 is 0. The van der Waals surface area contributed by atoms with Crippen LogP contribution in [0.2, 0.25) is 0 Å². The lowest BCUT2D eigenvalue weighted by Gasteiger charge is -2.31. The van der Waals surface area contributed by atoms with Gasteiger partial charge >= 0.3 is 0 Å². The van der Waals surface area contributed by atoms with Gasteiger partial charge in [0.25, 0.3) is 0 Å². The molecule has 126 valence electrons. The van der Waals surface area contributed by atoms with Crippen molar-refractivity contribution in [3.63, 3.8) is 0 Å². The molecule has 1 aromatic carbocycles. The maximum absolute atomic E-state index is 8.71. The Balaban J connectivity index is 1.82. The molecule has 2 fully saturated rings. The zero-order valence-electron chi connectivity index (χ0n) is 13.9. The summed E-state index contributed by atoms with van der Waals surface area (Å²) in [4.78, 5) is 4.94. The van der Waals surface area contributed by atoms with E-state index < -0.39 is 18.2 Å². The Morgan fingerprint density at radius 1 is 1.38 bits per heavy atom. The number of hydrogen-bond acceptors (Lipinski definition) is 5. The van der Waals surface area contributed by atoms with E-state index in [1.54, 1.807) is 6.07 Å². The highest BCUT2D eigenvalue weighted by atomic mass is 16.8. The van der Waals surface area contributed by atoms with Crippen molar-refractivity contribution >= 4 is 5.69 Å². The molecule has 0 bridgehead atoms. The number of benzene rings is 1. The second kappa shape index (κ2) is 6.44. The van der Waals surface area contributed by atoms with Gasteiger partial charge in [0.2, 0.25) is 0 Å². The van der Waals surface area contributed by atoms with Gasteiger partial charge in [-0.2, -0.15) is 0 Å². The summed E-state index contributed by atoms with van der Waals surface area (Å²) in [5.41, 5.74) is 10.2. The predicted octanol–water partition coefficient (Wildman–Crippen LogP) is 2.94. The fourth-order valence-corrected chi connectivity index (χ4v) is 3.28. The summed E-state index contributed by atoms with van der Waals surface area (Å²) in [6.45, 7) is 4.26. The molecule has 0 saturated carbocycles. The average Bonchev–Trinajstić information content (AvgIpc) is 3.00. The number of likely N-dealkylation sites (N-methyl/N-ethyl adjacent to an activating group) is 1. The molecule has 2 aliphatic heterocycles. The summed E-state index contributed by atoms with van der Waals surface area (Å²) in [5.74, 6) is 1.97. The number of fused-ring (bicyclic) bond motifs is 1. The van der Waals surface area contributed by atoms with Crippen molar-refractivity contribution in [3.05, 3.63) is 40.3 Å². The maximum Gasteiger partial charge on any atom is 0.190 e. The minimum absolute atomic E-state index is 0.152. The van der Waals surface area contributed by atoms with E-state index in [0.717, 1.165) is 5.56 Å². The molecular formula is C17H20N4O3. The van der Waals surface area contributed by atoms with Crippen LogP contribution in [0.25, 0.3) is 10.4 Å². The van der Waals surface area contributed by atoms with Crippen molar-refractivity contribution in [3.8, 4) is 12.3 Å². The van der Waals surface area contributed by atoms with Gasteiger partial charge < -0.3 is 14.2 Å². The van der Waals surface area contributed by atoms with Crippen LogP contribution in [0.15, 0.2) is 29.4 Å². The Morgan fingerprint density at radius 3 is 2.83 bits per heavy atom. The molecule has 4 atom stereocenters. The molecule has 0 amide bonds. The van der Waals surface area contributed by atoms with Gasteiger partial charge in [0, 0.05) is 17.1 Å². The molecule has 0 spiro atoms. The van der Waals surface area contributed by atoms with Crippen molar-refractivity contribution in [2.24, 2.45) is 5.11 Å². The third-order valence-corrected chi connectivity index (χ3v) is 4.25. The molecule has 0 aliphatic carbocycles. The minimum atomic E-state index is -0.697. The second-order valence-electron chi connectivity index (χ2n) is 6.42. The molecule has 3 rings (SSSR count). The first-order valence-electron chi connectivity index (χ1n) is 7.75. The molecule has 2 saturated heterocycles. The largest absolute Gasteiger partial charge is 0.340 e. The predicted molar refractivity (Wildman–Crippen MR) is 88.0 cm³/mol. The summed E-state index contributed by atoms with van der Waals surface area (Å²) in [5, 5.41) is 3.74. The molecular weight excluding hydrogens is 308 g/mol. The monoisotopic (exact) mass is 328 g/mol. The van der Waals surface area contributed by atoms with Gasteiger partial charge in [-0.25, -0.2) is 0 Å². The van der Waals surface area contributed by atoms with Gasteiger partial charge in [0.05, 0.1) is 6.04 Å². The Labute approximate surface area is 141 Å². The van der Waals surface area contributed by atoms with Crippen molar-refractivity contribution < 1.29 is 14.2 Å². The van der Waals surface area contributed by atoms with Gasteiger partial charge in [0.15, 0.2) is 12.1 Å². The summed E-state index contributed by atoms with van der Waals surface area (Å²) in [6.07, 6.45) is 4.46. The average molecular weight is 328 g/mol. The number of terminal acetylenes is 1. The SMILES string of the molecule is C#C[C@H]1O[C@@H]2OC(C)(C)O[C@@H]2[C@H]1N(C)Cc1ccccc1N=[N+]=[N-]. The molecule has 7 nitrogen and oxygen atoms in total. The van der Waals surface area contributed by atoms with Crippen LogP contribution in [0.5, 0.6) is 0 Å². The molecule has 0 aromatic heterocycles. The second-order valence-corrected chi connectivity index (χ2v) is 6.42. The standard InChI is InChI=1S/C17H20N4O3/c1-5-13-14(15-16(22-13)24-17(2,3)23-15)21(4)10-11-8-6-7-9-12(11)19-20-18/h1,6-9,13-16H,10H2,2-4H3/t13-,14+,15-,16-/m1/s1. The van der Waals surface area contributed by atoms with Crippen LogP contribution in [0.3, 0.4) is 0 Å². The molecule has 24 heavy (non-hydrogen) atoms. The summed E-state index contributed by atoms with van der Waals surface area (Å²) in [7, 11) is 1.95. The van der Waals surface area contributed by atoms with E-state index in [0.29, 0.717) is 12.2 Å². The van der Waals surface area contributed by atoms with Crippen molar-refractivity contribution in [1.82, 2.24) is 4.90 Å². The molecule has 0 N–H and O–H groups in total. The number of rotatable bonds is 4. The van der Waals surface area contributed by atoms with E-state index >= 15 is 0 Å². The number of nitrogens with zero attached hydrogens (tertiary/aromatic N) is 4. The van der Waals surface area contributed by atoms with E-state index in [1.165, 1.54) is 0 Å². The Hall–Kier alpha value is -2.07. The Morgan fingerprint density at radius 2 is 2.12 bits per heavy atom. The lowest BCUT2D eigenvalue weighted by Crippen LogP contribution is -2.46. The highest BCUT2D eigenvalue weighted by Gasteiger charge is 2.55. The van der Waals surface area contributed by atoms with Gasteiger partial charge in [-0.3, -0.25) is 4.90 Å². The Kier molecular flexibility index (Phi) is 4.50. The zero-order valence-corrected chi connectivity index (χ0v) is 13.9. The quantitative estimate of drug-likeness (QED) is 0.368. The third-order valence-electron chi connectivity index (χ3n) is 4.25. The number of hydrogen-bond donors (Lipinski definition) is 0. The summed E-state index contributed by atoms with van der Waals surface area (Å²) in [6, 6.07) is 7.30. The highest BCUT2D eigenvalue weighted by Crippen LogP contribution is 2.39. The van der Waals surface area contributed by atoms with E-state index in [-0.39, 0.29) is 12.1 Å².